The van der Waals surface area contributed by atoms with Crippen LogP contribution in [0.4, 0.5) is 0 Å². The molecule has 3 heteroatoms. The van der Waals surface area contributed by atoms with E-state index in [2.05, 4.69) is 13.8 Å². The highest BCUT2D eigenvalue weighted by atomic mass is 16.3. The molecule has 0 aromatic carbocycles. The molecule has 0 bridgehead atoms. The Morgan fingerprint density at radius 1 is 1.09 bits per heavy atom. The molecule has 8 atom stereocenters. The van der Waals surface area contributed by atoms with Crippen LogP contribution in [0.3, 0.4) is 0 Å². The van der Waals surface area contributed by atoms with Gasteiger partial charge in [0.2, 0.25) is 0 Å². The largest absolute Gasteiger partial charge is 0.395 e. The second-order valence-corrected chi connectivity index (χ2v) is 9.21. The third-order valence-electron chi connectivity index (χ3n) is 8.58. The predicted molar refractivity (Wildman–Crippen MR) is 89.7 cm³/mol. The minimum atomic E-state index is -0.394. The Morgan fingerprint density at radius 2 is 1.87 bits per heavy atom. The summed E-state index contributed by atoms with van der Waals surface area (Å²) in [4.78, 5) is 0. The first-order valence-electron chi connectivity index (χ1n) is 9.60. The van der Waals surface area contributed by atoms with Crippen LogP contribution in [0.25, 0.3) is 0 Å². The van der Waals surface area contributed by atoms with Gasteiger partial charge in [0, 0.05) is 5.41 Å². The highest BCUT2D eigenvalue weighted by Crippen LogP contribution is 2.66. The van der Waals surface area contributed by atoms with Crippen LogP contribution in [-0.4, -0.2) is 34.1 Å². The summed E-state index contributed by atoms with van der Waals surface area (Å²) in [5.41, 5.74) is 1.33. The Balaban J connectivity index is 1.75. The van der Waals surface area contributed by atoms with Gasteiger partial charge in [-0.05, 0) is 74.0 Å². The second-order valence-electron chi connectivity index (χ2n) is 9.21. The van der Waals surface area contributed by atoms with Gasteiger partial charge in [-0.2, -0.15) is 0 Å². The zero-order valence-corrected chi connectivity index (χ0v) is 14.5. The van der Waals surface area contributed by atoms with E-state index in [1.165, 1.54) is 19.3 Å². The molecule has 4 aliphatic carbocycles. The first kappa shape index (κ1) is 16.1. The van der Waals surface area contributed by atoms with Crippen molar-refractivity contribution >= 4 is 0 Å². The average molecular weight is 320 g/mol. The molecule has 0 aromatic rings. The number of rotatable bonds is 1. The molecule has 4 aliphatic rings. The van der Waals surface area contributed by atoms with E-state index in [1.54, 1.807) is 0 Å². The molecule has 0 aliphatic heterocycles. The normalized spacial score (nSPS) is 55.6. The molecule has 0 aromatic heterocycles. The average Bonchev–Trinajstić information content (AvgIpc) is 2.83. The molecule has 3 N–H and O–H groups in total. The Labute approximate surface area is 139 Å². The Morgan fingerprint density at radius 3 is 2.61 bits per heavy atom. The molecule has 4 unspecified atom stereocenters. The molecule has 130 valence electrons. The van der Waals surface area contributed by atoms with Crippen molar-refractivity contribution in [3.63, 3.8) is 0 Å². The van der Waals surface area contributed by atoms with Crippen LogP contribution in [0.15, 0.2) is 11.6 Å². The lowest BCUT2D eigenvalue weighted by molar-refractivity contribution is -0.109. The van der Waals surface area contributed by atoms with Gasteiger partial charge in [-0.1, -0.05) is 25.5 Å². The fourth-order valence-electron chi connectivity index (χ4n) is 6.99. The van der Waals surface area contributed by atoms with Crippen molar-refractivity contribution in [1.29, 1.82) is 0 Å². The van der Waals surface area contributed by atoms with Gasteiger partial charge in [0.1, 0.15) is 0 Å². The summed E-state index contributed by atoms with van der Waals surface area (Å²) in [6.45, 7) is 5.00. The quantitative estimate of drug-likeness (QED) is 0.651. The highest BCUT2D eigenvalue weighted by molar-refractivity contribution is 5.29. The SMILES string of the molecule is C[C@H]1CCC2C3C(O)C=C4C[C@H](O)CC[C@]4(CO)C3CC[C@@]21C. The molecule has 4 rings (SSSR count). The minimum Gasteiger partial charge on any atom is -0.395 e. The first-order chi connectivity index (χ1) is 10.9. The van der Waals surface area contributed by atoms with Crippen molar-refractivity contribution in [2.75, 3.05) is 6.61 Å². The van der Waals surface area contributed by atoms with Crippen LogP contribution < -0.4 is 0 Å². The van der Waals surface area contributed by atoms with Gasteiger partial charge in [-0.3, -0.25) is 0 Å². The maximum atomic E-state index is 10.9. The van der Waals surface area contributed by atoms with E-state index in [4.69, 9.17) is 0 Å². The lowest BCUT2D eigenvalue weighted by Gasteiger charge is -2.59. The van der Waals surface area contributed by atoms with Gasteiger partial charge in [-0.25, -0.2) is 0 Å². The number of hydrogen-bond donors (Lipinski definition) is 3. The molecule has 3 fully saturated rings. The van der Waals surface area contributed by atoms with Gasteiger partial charge in [0.25, 0.3) is 0 Å². The number of hydrogen-bond acceptors (Lipinski definition) is 3. The summed E-state index contributed by atoms with van der Waals surface area (Å²) in [5.74, 6) is 2.01. The van der Waals surface area contributed by atoms with E-state index in [9.17, 15) is 15.3 Å². The van der Waals surface area contributed by atoms with Crippen LogP contribution in [0.5, 0.6) is 0 Å². The van der Waals surface area contributed by atoms with Gasteiger partial charge >= 0.3 is 0 Å². The number of aliphatic hydroxyl groups excluding tert-OH is 3. The summed E-state index contributed by atoms with van der Waals surface area (Å²) in [6, 6.07) is 0. The predicted octanol–water partition coefficient (Wildman–Crippen LogP) is 2.89. The standard InChI is InChI=1S/C20H32O3/c1-12-3-4-15-18-16(6-7-19(12,15)2)20(11-21)8-5-14(22)9-13(20)10-17(18)23/h10,12,14-18,21-23H,3-9,11H2,1-2H3/t12-,14+,15?,16?,17?,18?,19+,20+/m0/s1. The topological polar surface area (TPSA) is 60.7 Å². The molecule has 0 spiro atoms. The highest BCUT2D eigenvalue weighted by Gasteiger charge is 2.60. The lowest BCUT2D eigenvalue weighted by atomic mass is 9.46. The third-order valence-corrected chi connectivity index (χ3v) is 8.58. The van der Waals surface area contributed by atoms with E-state index < -0.39 is 6.10 Å². The molecule has 0 radical (unpaired) electrons. The van der Waals surface area contributed by atoms with Crippen LogP contribution in [0, 0.1) is 34.5 Å². The van der Waals surface area contributed by atoms with Crippen molar-refractivity contribution in [3.05, 3.63) is 11.6 Å². The summed E-state index contributed by atoms with van der Waals surface area (Å²) in [6.07, 6.45) is 8.48. The number of fused-ring (bicyclic) bond motifs is 5. The minimum absolute atomic E-state index is 0.170. The second kappa shape index (κ2) is 5.31. The van der Waals surface area contributed by atoms with E-state index in [0.717, 1.165) is 30.8 Å². The van der Waals surface area contributed by atoms with Crippen molar-refractivity contribution in [3.8, 4) is 0 Å². The summed E-state index contributed by atoms with van der Waals surface area (Å²) in [7, 11) is 0. The molecule has 0 saturated heterocycles. The van der Waals surface area contributed by atoms with Crippen molar-refractivity contribution in [2.45, 2.75) is 71.0 Å². The van der Waals surface area contributed by atoms with Crippen molar-refractivity contribution in [2.24, 2.45) is 34.5 Å². The molecule has 3 nitrogen and oxygen atoms in total. The smallest absolute Gasteiger partial charge is 0.0757 e. The summed E-state index contributed by atoms with van der Waals surface area (Å²) in [5, 5.41) is 31.4. The van der Waals surface area contributed by atoms with E-state index in [1.807, 2.05) is 6.08 Å². The Kier molecular flexibility index (Phi) is 3.72. The fraction of sp³-hybridized carbons (Fsp3) is 0.900. The third kappa shape index (κ3) is 2.06. The van der Waals surface area contributed by atoms with Crippen molar-refractivity contribution < 1.29 is 15.3 Å². The fourth-order valence-corrected chi connectivity index (χ4v) is 6.99. The molecular weight excluding hydrogens is 288 g/mol. The Bertz CT molecular complexity index is 515. The van der Waals surface area contributed by atoms with Crippen LogP contribution in [-0.2, 0) is 0 Å². The van der Waals surface area contributed by atoms with Gasteiger partial charge < -0.3 is 15.3 Å². The molecule has 3 saturated carbocycles. The summed E-state index contributed by atoms with van der Waals surface area (Å²) < 4.78 is 0. The molecule has 0 amide bonds. The van der Waals surface area contributed by atoms with E-state index >= 15 is 0 Å². The van der Waals surface area contributed by atoms with Crippen LogP contribution >= 0.6 is 0 Å². The summed E-state index contributed by atoms with van der Waals surface area (Å²) >= 11 is 0. The monoisotopic (exact) mass is 320 g/mol. The van der Waals surface area contributed by atoms with E-state index in [-0.39, 0.29) is 18.1 Å². The van der Waals surface area contributed by atoms with Gasteiger partial charge in [0.05, 0.1) is 18.8 Å². The van der Waals surface area contributed by atoms with Gasteiger partial charge in [-0.15, -0.1) is 0 Å². The molecule has 23 heavy (non-hydrogen) atoms. The van der Waals surface area contributed by atoms with Crippen molar-refractivity contribution in [1.82, 2.24) is 0 Å². The zero-order chi connectivity index (χ0) is 16.4. The maximum Gasteiger partial charge on any atom is 0.0757 e. The number of aliphatic hydroxyl groups is 3. The van der Waals surface area contributed by atoms with Gasteiger partial charge in [0.15, 0.2) is 0 Å². The zero-order valence-electron chi connectivity index (χ0n) is 14.5. The Hall–Kier alpha value is -0.380. The molecule has 0 heterocycles. The first-order valence-corrected chi connectivity index (χ1v) is 9.60. The lowest BCUT2D eigenvalue weighted by Crippen LogP contribution is -2.56. The van der Waals surface area contributed by atoms with Crippen LogP contribution in [0.1, 0.15) is 58.8 Å². The van der Waals surface area contributed by atoms with Crippen LogP contribution in [0.2, 0.25) is 0 Å². The maximum absolute atomic E-state index is 10.9. The molecular formula is C20H32O3. The van der Waals surface area contributed by atoms with E-state index in [0.29, 0.717) is 29.6 Å².